The second-order valence-electron chi connectivity index (χ2n) is 4.10. The molecule has 0 fully saturated rings. The van der Waals surface area contributed by atoms with Crippen molar-refractivity contribution >= 4 is 51.6 Å². The molecule has 3 aromatic rings. The number of halogens is 4. The molecular weight excluding hydrogens is 326 g/mol. The number of rotatable bonds is 1. The van der Waals surface area contributed by atoms with E-state index in [4.69, 9.17) is 45.0 Å². The number of nitrogen functional groups attached to an aromatic ring is 1. The van der Waals surface area contributed by atoms with Crippen molar-refractivity contribution in [2.75, 3.05) is 5.73 Å². The Labute approximate surface area is 128 Å². The lowest BCUT2D eigenvalue weighted by atomic mass is 10.2. The Hall–Kier alpha value is -1.49. The van der Waals surface area contributed by atoms with Gasteiger partial charge in [-0.2, -0.15) is 0 Å². The van der Waals surface area contributed by atoms with Crippen molar-refractivity contribution in [3.8, 4) is 11.5 Å². The summed E-state index contributed by atoms with van der Waals surface area (Å²) in [5.74, 6) is -0.325. The highest BCUT2D eigenvalue weighted by Gasteiger charge is 2.16. The van der Waals surface area contributed by atoms with Gasteiger partial charge in [-0.25, -0.2) is 9.37 Å². The molecule has 3 nitrogen and oxygen atoms in total. The van der Waals surface area contributed by atoms with Crippen LogP contribution in [0.2, 0.25) is 15.1 Å². The van der Waals surface area contributed by atoms with Crippen LogP contribution >= 0.6 is 34.8 Å². The summed E-state index contributed by atoms with van der Waals surface area (Å²) in [4.78, 5) is 4.16. The van der Waals surface area contributed by atoms with Gasteiger partial charge in [0.2, 0.25) is 5.89 Å². The van der Waals surface area contributed by atoms with Gasteiger partial charge in [-0.3, -0.25) is 0 Å². The van der Waals surface area contributed by atoms with Crippen LogP contribution in [0.5, 0.6) is 0 Å². The van der Waals surface area contributed by atoms with E-state index < -0.39 is 5.82 Å². The molecule has 0 saturated carbocycles. The zero-order valence-corrected chi connectivity index (χ0v) is 12.0. The summed E-state index contributed by atoms with van der Waals surface area (Å²) in [5, 5.41) is 0.802. The predicted octanol–water partition coefficient (Wildman–Crippen LogP) is 5.18. The number of nitrogens with zero attached hydrogens (tertiary/aromatic N) is 1. The minimum absolute atomic E-state index is 0.130. The van der Waals surface area contributed by atoms with Gasteiger partial charge in [-0.05, 0) is 18.2 Å². The van der Waals surface area contributed by atoms with Crippen LogP contribution in [0.15, 0.2) is 28.7 Å². The molecule has 0 unspecified atom stereocenters. The molecule has 0 aliphatic rings. The number of oxazole rings is 1. The smallest absolute Gasteiger partial charge is 0.229 e. The van der Waals surface area contributed by atoms with Gasteiger partial charge in [0.25, 0.3) is 0 Å². The van der Waals surface area contributed by atoms with Gasteiger partial charge in [0.1, 0.15) is 11.3 Å². The SMILES string of the molecule is Nc1c(Cl)cc(Cl)cc1-c1nc2cc(F)cc(Cl)c2o1. The van der Waals surface area contributed by atoms with E-state index in [9.17, 15) is 4.39 Å². The molecule has 7 heteroatoms. The maximum Gasteiger partial charge on any atom is 0.229 e. The summed E-state index contributed by atoms with van der Waals surface area (Å²) in [5.41, 5.74) is 7.15. The minimum atomic E-state index is -0.501. The Morgan fingerprint density at radius 3 is 2.55 bits per heavy atom. The van der Waals surface area contributed by atoms with Gasteiger partial charge in [0.05, 0.1) is 21.3 Å². The Bertz CT molecular complexity index is 832. The predicted molar refractivity (Wildman–Crippen MR) is 78.8 cm³/mol. The molecule has 102 valence electrons. The van der Waals surface area contributed by atoms with Gasteiger partial charge in [0.15, 0.2) is 5.58 Å². The number of hydrogen-bond donors (Lipinski definition) is 1. The van der Waals surface area contributed by atoms with E-state index in [1.165, 1.54) is 12.1 Å². The summed E-state index contributed by atoms with van der Waals surface area (Å²) in [6.07, 6.45) is 0. The number of fused-ring (bicyclic) bond motifs is 1. The number of anilines is 1. The van der Waals surface area contributed by atoms with E-state index in [0.717, 1.165) is 6.07 Å². The normalized spacial score (nSPS) is 11.2. The second-order valence-corrected chi connectivity index (χ2v) is 5.35. The first-order valence-corrected chi connectivity index (χ1v) is 6.59. The molecule has 0 aliphatic heterocycles. The lowest BCUT2D eigenvalue weighted by Crippen LogP contribution is -1.91. The molecule has 0 atom stereocenters. The topological polar surface area (TPSA) is 52.0 Å². The van der Waals surface area contributed by atoms with Crippen molar-refractivity contribution in [1.82, 2.24) is 4.98 Å². The van der Waals surface area contributed by atoms with Crippen molar-refractivity contribution in [2.24, 2.45) is 0 Å². The summed E-state index contributed by atoms with van der Waals surface area (Å²) in [6, 6.07) is 5.44. The highest BCUT2D eigenvalue weighted by atomic mass is 35.5. The number of nitrogens with two attached hydrogens (primary N) is 1. The highest BCUT2D eigenvalue weighted by Crippen LogP contribution is 2.37. The molecular formula is C13H6Cl3FN2O. The summed E-state index contributed by atoms with van der Waals surface area (Å²) >= 11 is 17.8. The molecule has 0 amide bonds. The van der Waals surface area contributed by atoms with Crippen molar-refractivity contribution in [1.29, 1.82) is 0 Å². The van der Waals surface area contributed by atoms with E-state index in [1.807, 2.05) is 0 Å². The minimum Gasteiger partial charge on any atom is -0.434 e. The van der Waals surface area contributed by atoms with Crippen LogP contribution in [0, 0.1) is 5.82 Å². The summed E-state index contributed by atoms with van der Waals surface area (Å²) < 4.78 is 18.8. The van der Waals surface area contributed by atoms with E-state index in [2.05, 4.69) is 4.98 Å². The monoisotopic (exact) mass is 330 g/mol. The van der Waals surface area contributed by atoms with E-state index in [0.29, 0.717) is 16.1 Å². The molecule has 0 spiro atoms. The molecule has 2 aromatic carbocycles. The Morgan fingerprint density at radius 1 is 1.05 bits per heavy atom. The first-order chi connectivity index (χ1) is 9.45. The zero-order chi connectivity index (χ0) is 14.4. The van der Waals surface area contributed by atoms with Gasteiger partial charge in [-0.15, -0.1) is 0 Å². The van der Waals surface area contributed by atoms with Crippen LogP contribution < -0.4 is 5.73 Å². The van der Waals surface area contributed by atoms with E-state index in [-0.39, 0.29) is 27.2 Å². The molecule has 0 radical (unpaired) electrons. The molecule has 0 aliphatic carbocycles. The lowest BCUT2D eigenvalue weighted by molar-refractivity contribution is 0.614. The molecule has 0 bridgehead atoms. The molecule has 1 aromatic heterocycles. The number of hydrogen-bond acceptors (Lipinski definition) is 3. The van der Waals surface area contributed by atoms with Gasteiger partial charge in [-0.1, -0.05) is 34.8 Å². The van der Waals surface area contributed by atoms with Crippen LogP contribution in [-0.2, 0) is 0 Å². The molecule has 2 N–H and O–H groups in total. The maximum absolute atomic E-state index is 13.3. The van der Waals surface area contributed by atoms with Crippen molar-refractivity contribution < 1.29 is 8.81 Å². The average Bonchev–Trinajstić information content (AvgIpc) is 2.77. The van der Waals surface area contributed by atoms with Crippen LogP contribution in [0.4, 0.5) is 10.1 Å². The quantitative estimate of drug-likeness (QED) is 0.625. The Kier molecular flexibility index (Phi) is 3.24. The molecule has 1 heterocycles. The van der Waals surface area contributed by atoms with Crippen LogP contribution in [0.25, 0.3) is 22.6 Å². The summed E-state index contributed by atoms with van der Waals surface area (Å²) in [6.45, 7) is 0. The van der Waals surface area contributed by atoms with E-state index in [1.54, 1.807) is 6.07 Å². The second kappa shape index (κ2) is 4.81. The number of aromatic nitrogens is 1. The van der Waals surface area contributed by atoms with Crippen LogP contribution in [0.3, 0.4) is 0 Å². The van der Waals surface area contributed by atoms with Crippen LogP contribution in [0.1, 0.15) is 0 Å². The van der Waals surface area contributed by atoms with Crippen molar-refractivity contribution in [2.45, 2.75) is 0 Å². The maximum atomic E-state index is 13.3. The fraction of sp³-hybridized carbons (Fsp3) is 0. The fourth-order valence-corrected chi connectivity index (χ4v) is 2.57. The van der Waals surface area contributed by atoms with Crippen LogP contribution in [-0.4, -0.2) is 4.98 Å². The third-order valence-corrected chi connectivity index (χ3v) is 3.55. The van der Waals surface area contributed by atoms with Crippen molar-refractivity contribution in [3.63, 3.8) is 0 Å². The average molecular weight is 332 g/mol. The van der Waals surface area contributed by atoms with Gasteiger partial charge < -0.3 is 10.2 Å². The first kappa shape index (κ1) is 13.5. The van der Waals surface area contributed by atoms with Crippen molar-refractivity contribution in [3.05, 3.63) is 45.2 Å². The van der Waals surface area contributed by atoms with E-state index >= 15 is 0 Å². The lowest BCUT2D eigenvalue weighted by Gasteiger charge is -2.04. The summed E-state index contributed by atoms with van der Waals surface area (Å²) in [7, 11) is 0. The Balaban J connectivity index is 2.28. The third kappa shape index (κ3) is 2.20. The highest BCUT2D eigenvalue weighted by molar-refractivity contribution is 6.37. The Morgan fingerprint density at radius 2 is 1.80 bits per heavy atom. The first-order valence-electron chi connectivity index (χ1n) is 5.46. The molecule has 20 heavy (non-hydrogen) atoms. The number of benzene rings is 2. The van der Waals surface area contributed by atoms with Gasteiger partial charge >= 0.3 is 0 Å². The third-order valence-electron chi connectivity index (χ3n) is 2.73. The fourth-order valence-electron chi connectivity index (χ4n) is 1.84. The molecule has 3 rings (SSSR count). The van der Waals surface area contributed by atoms with Gasteiger partial charge in [0, 0.05) is 11.1 Å². The zero-order valence-electron chi connectivity index (χ0n) is 9.75. The molecule has 0 saturated heterocycles. The standard InChI is InChI=1S/C13H6Cl3FN2O/c14-5-1-7(11(18)8(15)2-5)13-19-10-4-6(17)3-9(16)12(10)20-13/h1-4H,18H2. The largest absolute Gasteiger partial charge is 0.434 e.